The van der Waals surface area contributed by atoms with E-state index in [0.717, 1.165) is 0 Å². The van der Waals surface area contributed by atoms with Gasteiger partial charge in [-0.05, 0) is 21.5 Å². The Bertz CT molecular complexity index is 636. The second-order valence-corrected chi connectivity index (χ2v) is 11.3. The molecule has 0 unspecified atom stereocenters. The van der Waals surface area contributed by atoms with Gasteiger partial charge in [0.1, 0.15) is 5.76 Å². The van der Waals surface area contributed by atoms with Gasteiger partial charge in [0.25, 0.3) is 8.32 Å². The number of hydrogen-bond donors (Lipinski definition) is 1. The summed E-state index contributed by atoms with van der Waals surface area (Å²) in [7, 11) is -0.952. The minimum Gasteiger partial charge on any atom is -0.499 e. The summed E-state index contributed by atoms with van der Waals surface area (Å²) in [5, 5.41) is 11.6. The molecule has 3 nitrogen and oxygen atoms in total. The Hall–Kier alpha value is -1.88. The third-order valence-electron chi connectivity index (χ3n) is 4.43. The lowest BCUT2D eigenvalue weighted by atomic mass is 10.2. The standard InChI is InChI=1S/C21H28O3Si/c1-21(2,3)25(19-11-7-5-8-12-19,20-13-9-6-10-14-20)24-17-18(23-4)15-16-22/h5-15,22H,16-17H2,1-4H3/b18-15-. The number of benzene rings is 2. The quantitative estimate of drug-likeness (QED) is 0.612. The maximum Gasteiger partial charge on any atom is 0.261 e. The predicted octanol–water partition coefficient (Wildman–Crippen LogP) is 3.09. The molecule has 0 spiro atoms. The van der Waals surface area contributed by atoms with E-state index in [-0.39, 0.29) is 11.6 Å². The Balaban J connectivity index is 2.58. The fourth-order valence-electron chi connectivity index (χ4n) is 3.24. The first-order chi connectivity index (χ1) is 12.0. The first-order valence-electron chi connectivity index (χ1n) is 8.54. The van der Waals surface area contributed by atoms with Crippen LogP contribution in [-0.4, -0.2) is 33.7 Å². The molecule has 0 aromatic heterocycles. The van der Waals surface area contributed by atoms with E-state index < -0.39 is 8.32 Å². The van der Waals surface area contributed by atoms with E-state index in [1.54, 1.807) is 13.2 Å². The van der Waals surface area contributed by atoms with Crippen LogP contribution in [0.5, 0.6) is 0 Å². The molecule has 0 radical (unpaired) electrons. The van der Waals surface area contributed by atoms with Gasteiger partial charge in [-0.15, -0.1) is 0 Å². The van der Waals surface area contributed by atoms with Gasteiger partial charge in [-0.25, -0.2) is 0 Å². The molecule has 0 amide bonds. The largest absolute Gasteiger partial charge is 0.499 e. The Labute approximate surface area is 152 Å². The Morgan fingerprint density at radius 1 is 0.960 bits per heavy atom. The van der Waals surface area contributed by atoms with Crippen molar-refractivity contribution in [1.29, 1.82) is 0 Å². The first-order valence-corrected chi connectivity index (χ1v) is 10.5. The lowest BCUT2D eigenvalue weighted by molar-refractivity contribution is 0.207. The molecule has 25 heavy (non-hydrogen) atoms. The number of methoxy groups -OCH3 is 1. The van der Waals surface area contributed by atoms with Crippen molar-refractivity contribution in [2.24, 2.45) is 0 Å². The van der Waals surface area contributed by atoms with Crippen molar-refractivity contribution in [3.8, 4) is 0 Å². The number of aliphatic hydroxyl groups excluding tert-OH is 1. The Morgan fingerprint density at radius 3 is 1.80 bits per heavy atom. The molecule has 134 valence electrons. The van der Waals surface area contributed by atoms with Crippen LogP contribution in [0.2, 0.25) is 5.04 Å². The lowest BCUT2D eigenvalue weighted by Crippen LogP contribution is -2.66. The molecule has 0 aliphatic rings. The Morgan fingerprint density at radius 2 is 1.44 bits per heavy atom. The van der Waals surface area contributed by atoms with Crippen LogP contribution < -0.4 is 10.4 Å². The molecule has 0 bridgehead atoms. The van der Waals surface area contributed by atoms with E-state index in [1.807, 2.05) is 12.1 Å². The van der Waals surface area contributed by atoms with Gasteiger partial charge in [0.15, 0.2) is 0 Å². The third kappa shape index (κ3) is 4.21. The summed E-state index contributed by atoms with van der Waals surface area (Å²) in [4.78, 5) is 0. The van der Waals surface area contributed by atoms with E-state index >= 15 is 0 Å². The monoisotopic (exact) mass is 356 g/mol. The topological polar surface area (TPSA) is 38.7 Å². The summed E-state index contributed by atoms with van der Waals surface area (Å²) >= 11 is 0. The zero-order valence-electron chi connectivity index (χ0n) is 15.5. The molecule has 2 aromatic carbocycles. The van der Waals surface area contributed by atoms with E-state index in [1.165, 1.54) is 10.4 Å². The van der Waals surface area contributed by atoms with Gasteiger partial charge in [-0.2, -0.15) is 0 Å². The zero-order valence-corrected chi connectivity index (χ0v) is 16.5. The minimum absolute atomic E-state index is 0.0622. The van der Waals surface area contributed by atoms with Crippen LogP contribution in [0.15, 0.2) is 72.5 Å². The summed E-state index contributed by atoms with van der Waals surface area (Å²) in [6.45, 7) is 6.99. The molecule has 0 aliphatic heterocycles. The fraction of sp³-hybridized carbons (Fsp3) is 0.333. The van der Waals surface area contributed by atoms with Crippen LogP contribution >= 0.6 is 0 Å². The van der Waals surface area contributed by atoms with Gasteiger partial charge >= 0.3 is 0 Å². The Kier molecular flexibility index (Phi) is 6.59. The van der Waals surface area contributed by atoms with Crippen LogP contribution in [0.1, 0.15) is 20.8 Å². The fourth-order valence-corrected chi connectivity index (χ4v) is 7.76. The maximum absolute atomic E-state index is 9.19. The molecule has 0 saturated carbocycles. The van der Waals surface area contributed by atoms with Gasteiger partial charge in [0, 0.05) is 0 Å². The van der Waals surface area contributed by atoms with Gasteiger partial charge < -0.3 is 14.3 Å². The third-order valence-corrected chi connectivity index (χ3v) is 9.41. The van der Waals surface area contributed by atoms with Crippen molar-refractivity contribution in [3.05, 3.63) is 72.5 Å². The van der Waals surface area contributed by atoms with Crippen LogP contribution in [0.4, 0.5) is 0 Å². The van der Waals surface area contributed by atoms with Gasteiger partial charge in [0.2, 0.25) is 0 Å². The highest BCUT2D eigenvalue weighted by Gasteiger charge is 2.50. The molecule has 0 atom stereocenters. The SMILES string of the molecule is CO/C(=C\CO)CO[Si](c1ccccc1)(c1ccccc1)C(C)(C)C. The number of ether oxygens (including phenoxy) is 1. The number of rotatable bonds is 7. The van der Waals surface area contributed by atoms with E-state index in [2.05, 4.69) is 69.3 Å². The molecule has 0 aliphatic carbocycles. The van der Waals surface area contributed by atoms with Crippen molar-refractivity contribution in [2.75, 3.05) is 20.3 Å². The van der Waals surface area contributed by atoms with Crippen molar-refractivity contribution in [3.63, 3.8) is 0 Å². The van der Waals surface area contributed by atoms with Crippen molar-refractivity contribution in [2.45, 2.75) is 25.8 Å². The molecular formula is C21H28O3Si. The van der Waals surface area contributed by atoms with Crippen molar-refractivity contribution in [1.82, 2.24) is 0 Å². The van der Waals surface area contributed by atoms with Crippen LogP contribution in [0, 0.1) is 0 Å². The molecule has 0 saturated heterocycles. The maximum atomic E-state index is 9.19. The van der Waals surface area contributed by atoms with Gasteiger partial charge in [-0.1, -0.05) is 81.4 Å². The highest BCUT2D eigenvalue weighted by atomic mass is 28.4. The minimum atomic E-state index is -2.56. The molecule has 2 rings (SSSR count). The smallest absolute Gasteiger partial charge is 0.261 e. The van der Waals surface area contributed by atoms with Gasteiger partial charge in [0.05, 0.1) is 20.3 Å². The molecule has 2 aromatic rings. The molecule has 0 heterocycles. The predicted molar refractivity (Wildman–Crippen MR) is 106 cm³/mol. The van der Waals surface area contributed by atoms with E-state index in [9.17, 15) is 5.11 Å². The van der Waals surface area contributed by atoms with Crippen molar-refractivity contribution >= 4 is 18.7 Å². The first kappa shape index (κ1) is 19.4. The summed E-state index contributed by atoms with van der Waals surface area (Å²) in [5.74, 6) is 0.649. The van der Waals surface area contributed by atoms with Gasteiger partial charge in [-0.3, -0.25) is 0 Å². The van der Waals surface area contributed by atoms with E-state index in [4.69, 9.17) is 9.16 Å². The zero-order chi connectivity index (χ0) is 18.3. The van der Waals surface area contributed by atoms with Crippen molar-refractivity contribution < 1.29 is 14.3 Å². The average Bonchev–Trinajstić information content (AvgIpc) is 2.62. The average molecular weight is 357 g/mol. The normalized spacial score (nSPS) is 12.9. The highest BCUT2D eigenvalue weighted by molar-refractivity contribution is 6.99. The highest BCUT2D eigenvalue weighted by Crippen LogP contribution is 2.36. The van der Waals surface area contributed by atoms with Crippen LogP contribution in [-0.2, 0) is 9.16 Å². The number of hydrogen-bond acceptors (Lipinski definition) is 3. The lowest BCUT2D eigenvalue weighted by Gasteiger charge is -2.43. The second-order valence-electron chi connectivity index (χ2n) is 7.01. The molecular weight excluding hydrogens is 328 g/mol. The van der Waals surface area contributed by atoms with Crippen LogP contribution in [0.3, 0.4) is 0 Å². The van der Waals surface area contributed by atoms with E-state index in [0.29, 0.717) is 12.4 Å². The summed E-state index contributed by atoms with van der Waals surface area (Å²) in [6.07, 6.45) is 1.65. The number of aliphatic hydroxyl groups is 1. The molecule has 1 N–H and O–H groups in total. The molecule has 4 heteroatoms. The molecule has 0 fully saturated rings. The summed E-state index contributed by atoms with van der Waals surface area (Å²) < 4.78 is 12.1. The summed E-state index contributed by atoms with van der Waals surface area (Å²) in [5.41, 5.74) is 0. The summed E-state index contributed by atoms with van der Waals surface area (Å²) in [6, 6.07) is 21.0. The van der Waals surface area contributed by atoms with Crippen LogP contribution in [0.25, 0.3) is 0 Å². The second kappa shape index (κ2) is 8.47.